The molecule has 0 bridgehead atoms. The van der Waals surface area contributed by atoms with Gasteiger partial charge in [0.15, 0.2) is 0 Å². The number of aliphatic hydroxyl groups excluding tert-OH is 16. The smallest absolute Gasteiger partial charge is 0.330 e. The molecule has 8 atom stereocenters. The number of rotatable bonds is 9. The molecule has 18 nitrogen and oxygen atoms in total. The van der Waals surface area contributed by atoms with Crippen molar-refractivity contribution in [1.29, 1.82) is 0 Å². The summed E-state index contributed by atoms with van der Waals surface area (Å²) in [6, 6.07) is 0. The summed E-state index contributed by atoms with van der Waals surface area (Å²) in [4.78, 5) is 9.60. The molecule has 0 aliphatic rings. The molecule has 17 N–H and O–H groups in total. The summed E-state index contributed by atoms with van der Waals surface area (Å²) in [5.74, 6) is -0.935. The lowest BCUT2D eigenvalue weighted by Gasteiger charge is -1.90. The highest BCUT2D eigenvalue weighted by Gasteiger charge is 1.90. The van der Waals surface area contributed by atoms with E-state index in [-0.39, 0.29) is 58.4 Å². The van der Waals surface area contributed by atoms with E-state index in [1.165, 1.54) is 62.3 Å². The average molecular weight is 695 g/mol. The van der Waals surface area contributed by atoms with Gasteiger partial charge in [-0.05, 0) is 62.3 Å². The van der Waals surface area contributed by atoms with Gasteiger partial charge in [0.1, 0.15) is 0 Å². The van der Waals surface area contributed by atoms with Gasteiger partial charge in [0.2, 0.25) is 0 Å². The quantitative estimate of drug-likeness (QED) is 0.101. The predicted molar refractivity (Wildman–Crippen MR) is 173 cm³/mol. The monoisotopic (exact) mass is 694 g/mol. The van der Waals surface area contributed by atoms with E-state index in [1.54, 1.807) is 0 Å². The van der Waals surface area contributed by atoms with E-state index in [2.05, 4.69) is 6.58 Å². The largest absolute Gasteiger partial charge is 0.478 e. The molecule has 0 spiro atoms. The lowest BCUT2D eigenvalue weighted by atomic mass is 10.4. The topological polar surface area (TPSA) is 361 Å². The van der Waals surface area contributed by atoms with E-state index in [1.807, 2.05) is 0 Å². The fraction of sp³-hybridized carbons (Fsp3) is 0.893. The standard InChI is InChI=1S/C4H6O2.8C3H8O2/c1-3(2)4(5)6;8*1-3(5)2-4/h1H2,2H3,(H,5,6);8*3-5H,2H2,1H3. The van der Waals surface area contributed by atoms with Gasteiger partial charge in [-0.25, -0.2) is 4.79 Å². The Balaban J connectivity index is -0.0000000479. The molecular weight excluding hydrogens is 624 g/mol. The van der Waals surface area contributed by atoms with Gasteiger partial charge in [-0.3, -0.25) is 0 Å². The van der Waals surface area contributed by atoms with Crippen molar-refractivity contribution in [3.63, 3.8) is 0 Å². The zero-order chi connectivity index (χ0) is 39.4. The third-order valence-electron chi connectivity index (χ3n) is 2.48. The molecule has 0 aromatic rings. The van der Waals surface area contributed by atoms with Crippen LogP contribution in [0.1, 0.15) is 62.3 Å². The van der Waals surface area contributed by atoms with E-state index < -0.39 is 54.8 Å². The molecule has 0 saturated carbocycles. The summed E-state index contributed by atoms with van der Waals surface area (Å²) in [7, 11) is 0. The number of carbonyl (C=O) groups is 1. The second-order valence-electron chi connectivity index (χ2n) is 9.34. The van der Waals surface area contributed by atoms with Gasteiger partial charge in [-0.1, -0.05) is 6.58 Å². The highest BCUT2D eigenvalue weighted by molar-refractivity contribution is 5.84. The number of hydrogen-bond donors (Lipinski definition) is 17. The van der Waals surface area contributed by atoms with Crippen LogP contribution in [0, 0.1) is 0 Å². The molecular formula is C28H70O18. The Morgan fingerprint density at radius 2 is 0.435 bits per heavy atom. The summed E-state index contributed by atoms with van der Waals surface area (Å²) >= 11 is 0. The fourth-order valence-corrected chi connectivity index (χ4v) is 0. The van der Waals surface area contributed by atoms with Gasteiger partial charge < -0.3 is 86.8 Å². The third-order valence-corrected chi connectivity index (χ3v) is 2.48. The van der Waals surface area contributed by atoms with Crippen LogP contribution in [0.25, 0.3) is 0 Å². The maximum Gasteiger partial charge on any atom is 0.330 e. The SMILES string of the molecule is C=C(C)C(=O)O.CC(O)CO.CC(O)CO.CC(O)CO.CC(O)CO.CC(O)CO.CC(O)CO.CC(O)CO.CC(O)CO. The van der Waals surface area contributed by atoms with Crippen LogP contribution >= 0.6 is 0 Å². The van der Waals surface area contributed by atoms with Gasteiger partial charge >= 0.3 is 5.97 Å². The average Bonchev–Trinajstić information content (AvgIpc) is 2.99. The van der Waals surface area contributed by atoms with E-state index in [0.29, 0.717) is 0 Å². The first-order valence-corrected chi connectivity index (χ1v) is 14.0. The van der Waals surface area contributed by atoms with Crippen molar-refractivity contribution in [2.24, 2.45) is 0 Å². The first-order chi connectivity index (χ1) is 20.8. The molecule has 0 aliphatic carbocycles. The molecule has 8 unspecified atom stereocenters. The lowest BCUT2D eigenvalue weighted by molar-refractivity contribution is -0.132. The zero-order valence-corrected chi connectivity index (χ0v) is 29.0. The second-order valence-corrected chi connectivity index (χ2v) is 9.34. The van der Waals surface area contributed by atoms with Crippen LogP contribution in [-0.4, -0.2) is 194 Å². The Morgan fingerprint density at radius 1 is 0.391 bits per heavy atom. The molecule has 0 aromatic carbocycles. The van der Waals surface area contributed by atoms with E-state index in [9.17, 15) is 4.79 Å². The van der Waals surface area contributed by atoms with Crippen molar-refractivity contribution in [2.45, 2.75) is 111 Å². The van der Waals surface area contributed by atoms with Gasteiger partial charge in [0.25, 0.3) is 0 Å². The summed E-state index contributed by atoms with van der Waals surface area (Å²) in [6.45, 7) is 15.7. The van der Waals surface area contributed by atoms with E-state index >= 15 is 0 Å². The molecule has 0 fully saturated rings. The van der Waals surface area contributed by atoms with Crippen molar-refractivity contribution in [1.82, 2.24) is 0 Å². The molecule has 0 heterocycles. The maximum absolute atomic E-state index is 9.60. The number of carboxylic acid groups (broad SMARTS) is 1. The van der Waals surface area contributed by atoms with E-state index in [0.717, 1.165) is 0 Å². The highest BCUT2D eigenvalue weighted by atomic mass is 16.4. The van der Waals surface area contributed by atoms with Crippen LogP contribution in [-0.2, 0) is 4.79 Å². The first kappa shape index (κ1) is 66.9. The minimum Gasteiger partial charge on any atom is -0.478 e. The van der Waals surface area contributed by atoms with Crippen molar-refractivity contribution >= 4 is 5.97 Å². The second kappa shape index (κ2) is 59.0. The number of aliphatic carboxylic acids is 1. The van der Waals surface area contributed by atoms with Crippen molar-refractivity contribution in [3.8, 4) is 0 Å². The Kier molecular flexibility index (Phi) is 85.8. The minimum absolute atomic E-state index is 0.139. The molecule has 46 heavy (non-hydrogen) atoms. The number of aliphatic hydroxyl groups is 16. The van der Waals surface area contributed by atoms with Crippen LogP contribution in [0.15, 0.2) is 12.2 Å². The van der Waals surface area contributed by atoms with Gasteiger partial charge in [0.05, 0.1) is 102 Å². The summed E-state index contributed by atoms with van der Waals surface area (Å²) in [6.07, 6.45) is -4.48. The Labute approximate surface area is 274 Å². The molecule has 0 aromatic heterocycles. The van der Waals surface area contributed by atoms with Crippen LogP contribution in [0.2, 0.25) is 0 Å². The maximum atomic E-state index is 9.60. The first-order valence-electron chi connectivity index (χ1n) is 14.0. The van der Waals surface area contributed by atoms with Crippen LogP contribution < -0.4 is 0 Å². The zero-order valence-electron chi connectivity index (χ0n) is 29.0. The third kappa shape index (κ3) is 213. The van der Waals surface area contributed by atoms with Crippen LogP contribution in [0.4, 0.5) is 0 Å². The molecule has 290 valence electrons. The Hall–Kier alpha value is -1.43. The van der Waals surface area contributed by atoms with E-state index in [4.69, 9.17) is 86.8 Å². The molecule has 0 radical (unpaired) electrons. The highest BCUT2D eigenvalue weighted by Crippen LogP contribution is 1.81. The van der Waals surface area contributed by atoms with Gasteiger partial charge in [-0.15, -0.1) is 0 Å². The summed E-state index contributed by atoms with van der Waals surface area (Å²) in [5, 5.41) is 136. The molecule has 18 heteroatoms. The molecule has 0 saturated heterocycles. The van der Waals surface area contributed by atoms with Gasteiger partial charge in [-0.2, -0.15) is 0 Å². The Morgan fingerprint density at radius 3 is 0.435 bits per heavy atom. The Bertz CT molecular complexity index is 393. The van der Waals surface area contributed by atoms with Gasteiger partial charge in [0, 0.05) is 5.57 Å². The van der Waals surface area contributed by atoms with Crippen molar-refractivity contribution < 1.29 is 91.6 Å². The normalized spacial score (nSPS) is 14.0. The predicted octanol–water partition coefficient (Wildman–Crippen LogP) is -4.48. The number of hydrogen-bond acceptors (Lipinski definition) is 17. The summed E-state index contributed by atoms with van der Waals surface area (Å²) < 4.78 is 0. The minimum atomic E-state index is -0.935. The van der Waals surface area contributed by atoms with Crippen LogP contribution in [0.3, 0.4) is 0 Å². The summed E-state index contributed by atoms with van der Waals surface area (Å²) in [5.41, 5.74) is 0.176. The molecule has 0 aliphatic heterocycles. The molecule has 0 rings (SSSR count). The van der Waals surface area contributed by atoms with Crippen molar-refractivity contribution in [2.75, 3.05) is 52.9 Å². The van der Waals surface area contributed by atoms with Crippen molar-refractivity contribution in [3.05, 3.63) is 12.2 Å². The molecule has 0 amide bonds. The van der Waals surface area contributed by atoms with Crippen LogP contribution in [0.5, 0.6) is 0 Å². The lowest BCUT2D eigenvalue weighted by Crippen LogP contribution is -2.03. The number of carboxylic acids is 1. The fourth-order valence-electron chi connectivity index (χ4n) is 0.